The molecule has 0 aliphatic carbocycles. The van der Waals surface area contributed by atoms with Crippen molar-refractivity contribution >= 4 is 17.1 Å². The lowest BCUT2D eigenvalue weighted by Crippen LogP contribution is -2.02. The third-order valence-corrected chi connectivity index (χ3v) is 1.90. The van der Waals surface area contributed by atoms with Crippen molar-refractivity contribution in [1.29, 1.82) is 0 Å². The van der Waals surface area contributed by atoms with Gasteiger partial charge >= 0.3 is 0 Å². The van der Waals surface area contributed by atoms with Crippen molar-refractivity contribution in [3.63, 3.8) is 0 Å². The highest BCUT2D eigenvalue weighted by Gasteiger charge is 2.10. The highest BCUT2D eigenvalue weighted by atomic mass is 16.6. The Morgan fingerprint density at radius 1 is 1.60 bits per heavy atom. The van der Waals surface area contributed by atoms with Crippen LogP contribution in [0.2, 0.25) is 0 Å². The number of hydrogen-bond donors (Lipinski definition) is 2. The number of nitro benzene ring substituents is 1. The molecule has 0 spiro atoms. The van der Waals surface area contributed by atoms with Crippen LogP contribution in [0.3, 0.4) is 0 Å². The van der Waals surface area contributed by atoms with E-state index in [4.69, 9.17) is 5.73 Å². The maximum Gasteiger partial charge on any atom is 0.292 e. The molecule has 0 atom stereocenters. The monoisotopic (exact) mass is 207 g/mol. The van der Waals surface area contributed by atoms with Crippen LogP contribution >= 0.6 is 0 Å². The van der Waals surface area contributed by atoms with Crippen molar-refractivity contribution in [1.82, 2.24) is 0 Å². The van der Waals surface area contributed by atoms with Gasteiger partial charge in [0, 0.05) is 18.3 Å². The first-order chi connectivity index (χ1) is 7.15. The van der Waals surface area contributed by atoms with E-state index < -0.39 is 4.92 Å². The molecule has 0 heterocycles. The first-order valence-electron chi connectivity index (χ1n) is 4.54. The Labute approximate surface area is 87.7 Å². The summed E-state index contributed by atoms with van der Waals surface area (Å²) < 4.78 is 0. The number of hydrogen-bond acceptors (Lipinski definition) is 4. The van der Waals surface area contributed by atoms with E-state index in [1.165, 1.54) is 6.07 Å². The number of nitrogens with zero attached hydrogens (tertiary/aromatic N) is 1. The Bertz CT molecular complexity index is 377. The van der Waals surface area contributed by atoms with Crippen LogP contribution in [-0.2, 0) is 0 Å². The molecule has 0 radical (unpaired) electrons. The predicted molar refractivity (Wildman–Crippen MR) is 60.8 cm³/mol. The van der Waals surface area contributed by atoms with E-state index in [0.29, 0.717) is 0 Å². The molecule has 1 rings (SSSR count). The molecule has 15 heavy (non-hydrogen) atoms. The Hall–Kier alpha value is -2.04. The van der Waals surface area contributed by atoms with E-state index in [1.807, 2.05) is 0 Å². The number of nitrogens with two attached hydrogens (primary N) is 1. The Kier molecular flexibility index (Phi) is 3.68. The van der Waals surface area contributed by atoms with Crippen LogP contribution in [0.25, 0.3) is 0 Å². The van der Waals surface area contributed by atoms with Crippen molar-refractivity contribution in [3.05, 3.63) is 41.0 Å². The third-order valence-electron chi connectivity index (χ3n) is 1.90. The van der Waals surface area contributed by atoms with Crippen molar-refractivity contribution in [2.24, 2.45) is 0 Å². The number of nitrogens with one attached hydrogen (secondary N) is 1. The number of benzene rings is 1. The van der Waals surface area contributed by atoms with Gasteiger partial charge in [0.25, 0.3) is 5.69 Å². The van der Waals surface area contributed by atoms with E-state index in [9.17, 15) is 10.1 Å². The SMILES string of the molecule is C=CCCNc1ccc([N+](=O)[O-])c(N)c1. The number of anilines is 2. The number of nitrogen functional groups attached to an aromatic ring is 1. The molecule has 3 N–H and O–H groups in total. The van der Waals surface area contributed by atoms with E-state index in [-0.39, 0.29) is 11.4 Å². The van der Waals surface area contributed by atoms with Gasteiger partial charge in [-0.2, -0.15) is 0 Å². The number of nitro groups is 1. The lowest BCUT2D eigenvalue weighted by Gasteiger charge is -2.05. The summed E-state index contributed by atoms with van der Waals surface area (Å²) in [7, 11) is 0. The molecular formula is C10H13N3O2. The number of rotatable bonds is 5. The zero-order valence-electron chi connectivity index (χ0n) is 8.27. The highest BCUT2D eigenvalue weighted by molar-refractivity contribution is 5.65. The van der Waals surface area contributed by atoms with Gasteiger partial charge in [0.15, 0.2) is 0 Å². The van der Waals surface area contributed by atoms with Crippen LogP contribution in [-0.4, -0.2) is 11.5 Å². The van der Waals surface area contributed by atoms with E-state index in [2.05, 4.69) is 11.9 Å². The summed E-state index contributed by atoms with van der Waals surface area (Å²) in [4.78, 5) is 9.99. The molecule has 0 aliphatic heterocycles. The quantitative estimate of drug-likeness (QED) is 0.255. The molecule has 0 aliphatic rings. The molecule has 1 aromatic rings. The molecular weight excluding hydrogens is 194 g/mol. The molecule has 5 nitrogen and oxygen atoms in total. The van der Waals surface area contributed by atoms with Crippen LogP contribution in [0.1, 0.15) is 6.42 Å². The average Bonchev–Trinajstić information content (AvgIpc) is 2.17. The van der Waals surface area contributed by atoms with Crippen molar-refractivity contribution in [2.75, 3.05) is 17.6 Å². The van der Waals surface area contributed by atoms with Gasteiger partial charge in [-0.25, -0.2) is 0 Å². The third kappa shape index (κ3) is 2.98. The lowest BCUT2D eigenvalue weighted by atomic mass is 10.2. The molecule has 0 saturated carbocycles. The topological polar surface area (TPSA) is 81.2 Å². The van der Waals surface area contributed by atoms with E-state index >= 15 is 0 Å². The summed E-state index contributed by atoms with van der Waals surface area (Å²) in [5.74, 6) is 0. The molecule has 5 heteroatoms. The summed E-state index contributed by atoms with van der Waals surface area (Å²) >= 11 is 0. The van der Waals surface area contributed by atoms with E-state index in [0.717, 1.165) is 18.7 Å². The van der Waals surface area contributed by atoms with Gasteiger partial charge < -0.3 is 11.1 Å². The summed E-state index contributed by atoms with van der Waals surface area (Å²) in [6.07, 6.45) is 2.62. The van der Waals surface area contributed by atoms with Crippen LogP contribution in [0.5, 0.6) is 0 Å². The first kappa shape index (κ1) is 11.0. The molecule has 0 fully saturated rings. The zero-order valence-corrected chi connectivity index (χ0v) is 8.27. The fourth-order valence-corrected chi connectivity index (χ4v) is 1.15. The standard InChI is InChI=1S/C10H13N3O2/c1-2-3-6-12-8-4-5-10(13(14)15)9(11)7-8/h2,4-5,7,12H,1,3,6,11H2. The van der Waals surface area contributed by atoms with Gasteiger partial charge in [0.05, 0.1) is 4.92 Å². The summed E-state index contributed by atoms with van der Waals surface area (Å²) in [6.45, 7) is 4.33. The molecule has 0 saturated heterocycles. The van der Waals surface area contributed by atoms with Crippen LogP contribution in [0.4, 0.5) is 17.1 Å². The summed E-state index contributed by atoms with van der Waals surface area (Å²) in [6, 6.07) is 4.59. The fraction of sp³-hybridized carbons (Fsp3) is 0.200. The van der Waals surface area contributed by atoms with Crippen LogP contribution < -0.4 is 11.1 Å². The molecule has 0 bridgehead atoms. The predicted octanol–water partition coefficient (Wildman–Crippen LogP) is 2.17. The summed E-state index contributed by atoms with van der Waals surface area (Å²) in [5, 5.41) is 13.6. The maximum absolute atomic E-state index is 10.5. The Morgan fingerprint density at radius 3 is 2.87 bits per heavy atom. The first-order valence-corrected chi connectivity index (χ1v) is 4.54. The minimum absolute atomic E-state index is 0.0655. The molecule has 0 amide bonds. The summed E-state index contributed by atoms with van der Waals surface area (Å²) in [5.41, 5.74) is 6.41. The molecule has 0 aromatic heterocycles. The van der Waals surface area contributed by atoms with Gasteiger partial charge in [-0.3, -0.25) is 10.1 Å². The Balaban J connectivity index is 2.73. The molecule has 80 valence electrons. The average molecular weight is 207 g/mol. The largest absolute Gasteiger partial charge is 0.393 e. The van der Waals surface area contributed by atoms with Crippen LogP contribution in [0, 0.1) is 10.1 Å². The minimum Gasteiger partial charge on any atom is -0.393 e. The zero-order chi connectivity index (χ0) is 11.3. The van der Waals surface area contributed by atoms with E-state index in [1.54, 1.807) is 18.2 Å². The second kappa shape index (κ2) is 4.99. The minimum atomic E-state index is -0.497. The highest BCUT2D eigenvalue weighted by Crippen LogP contribution is 2.24. The van der Waals surface area contributed by atoms with Gasteiger partial charge in [-0.1, -0.05) is 6.08 Å². The fourth-order valence-electron chi connectivity index (χ4n) is 1.15. The lowest BCUT2D eigenvalue weighted by molar-refractivity contribution is -0.383. The van der Waals surface area contributed by atoms with Crippen LogP contribution in [0.15, 0.2) is 30.9 Å². The smallest absolute Gasteiger partial charge is 0.292 e. The normalized spacial score (nSPS) is 9.60. The molecule has 1 aromatic carbocycles. The van der Waals surface area contributed by atoms with Gasteiger partial charge in [0.1, 0.15) is 5.69 Å². The van der Waals surface area contributed by atoms with Gasteiger partial charge in [-0.15, -0.1) is 6.58 Å². The van der Waals surface area contributed by atoms with Crippen molar-refractivity contribution < 1.29 is 4.92 Å². The van der Waals surface area contributed by atoms with Gasteiger partial charge in [0.2, 0.25) is 0 Å². The maximum atomic E-state index is 10.5. The Morgan fingerprint density at radius 2 is 2.33 bits per heavy atom. The second-order valence-electron chi connectivity index (χ2n) is 3.03. The van der Waals surface area contributed by atoms with Gasteiger partial charge in [-0.05, 0) is 18.6 Å². The van der Waals surface area contributed by atoms with Crippen molar-refractivity contribution in [3.8, 4) is 0 Å². The molecule has 0 unspecified atom stereocenters. The second-order valence-corrected chi connectivity index (χ2v) is 3.03. The van der Waals surface area contributed by atoms with Crippen molar-refractivity contribution in [2.45, 2.75) is 6.42 Å².